The van der Waals surface area contributed by atoms with E-state index in [0.717, 1.165) is 23.8 Å². The Morgan fingerprint density at radius 2 is 2.25 bits per heavy atom. The molecular weight excluding hydrogens is 272 g/mol. The lowest BCUT2D eigenvalue weighted by atomic mass is 10.1. The summed E-state index contributed by atoms with van der Waals surface area (Å²) in [7, 11) is 4.09. The standard InChI is InChI=1S/C14H18N4OS/c1-16-7-8-18(14(19)12-4-3-9-20-12)10-11(16)13-15-5-6-17(13)2/h3-6,9,11H,7-8,10H2,1-2H3/t11-/m1/s1. The van der Waals surface area contributed by atoms with E-state index in [1.807, 2.05) is 46.4 Å². The number of amides is 1. The number of hydrogen-bond acceptors (Lipinski definition) is 4. The van der Waals surface area contributed by atoms with Gasteiger partial charge in [-0.05, 0) is 18.5 Å². The summed E-state index contributed by atoms with van der Waals surface area (Å²) in [6.45, 7) is 2.33. The normalized spacial score (nSPS) is 20.3. The number of thiophene rings is 1. The molecule has 0 bridgehead atoms. The lowest BCUT2D eigenvalue weighted by Gasteiger charge is -2.38. The first-order chi connectivity index (χ1) is 9.66. The van der Waals surface area contributed by atoms with Gasteiger partial charge in [-0.3, -0.25) is 9.69 Å². The molecule has 20 heavy (non-hydrogen) atoms. The molecule has 2 aromatic rings. The van der Waals surface area contributed by atoms with Gasteiger partial charge in [0.05, 0.1) is 10.9 Å². The third kappa shape index (κ3) is 2.36. The molecule has 1 atom stereocenters. The Kier molecular flexibility index (Phi) is 3.58. The lowest BCUT2D eigenvalue weighted by Crippen LogP contribution is -2.49. The molecule has 1 fully saturated rings. The summed E-state index contributed by atoms with van der Waals surface area (Å²) in [6, 6.07) is 3.97. The number of likely N-dealkylation sites (N-methyl/N-ethyl adjacent to an activating group) is 1. The van der Waals surface area contributed by atoms with E-state index in [1.54, 1.807) is 0 Å². The predicted molar refractivity (Wildman–Crippen MR) is 78.8 cm³/mol. The van der Waals surface area contributed by atoms with Gasteiger partial charge >= 0.3 is 0 Å². The quantitative estimate of drug-likeness (QED) is 0.844. The first-order valence-electron chi connectivity index (χ1n) is 6.67. The van der Waals surface area contributed by atoms with Crippen LogP contribution in [0.15, 0.2) is 29.9 Å². The van der Waals surface area contributed by atoms with Gasteiger partial charge in [0.1, 0.15) is 5.82 Å². The highest BCUT2D eigenvalue weighted by Crippen LogP contribution is 2.24. The second kappa shape index (κ2) is 5.38. The molecule has 1 aliphatic heterocycles. The summed E-state index contributed by atoms with van der Waals surface area (Å²) in [5.74, 6) is 1.14. The molecule has 2 aromatic heterocycles. The van der Waals surface area contributed by atoms with Crippen LogP contribution in [0.5, 0.6) is 0 Å². The summed E-state index contributed by atoms with van der Waals surface area (Å²) in [5.41, 5.74) is 0. The van der Waals surface area contributed by atoms with Crippen molar-refractivity contribution in [3.63, 3.8) is 0 Å². The van der Waals surface area contributed by atoms with Crippen LogP contribution in [0.3, 0.4) is 0 Å². The fourth-order valence-electron chi connectivity index (χ4n) is 2.59. The van der Waals surface area contributed by atoms with Crippen molar-refractivity contribution in [2.45, 2.75) is 6.04 Å². The maximum absolute atomic E-state index is 12.5. The molecule has 3 rings (SSSR count). The number of hydrogen-bond donors (Lipinski definition) is 0. The average Bonchev–Trinajstić information content (AvgIpc) is 3.10. The van der Waals surface area contributed by atoms with Crippen LogP contribution in [0.2, 0.25) is 0 Å². The Labute approximate surface area is 122 Å². The molecule has 106 valence electrons. The Hall–Kier alpha value is -1.66. The fourth-order valence-corrected chi connectivity index (χ4v) is 3.28. The number of nitrogens with zero attached hydrogens (tertiary/aromatic N) is 4. The molecule has 0 spiro atoms. The summed E-state index contributed by atoms with van der Waals surface area (Å²) in [5, 5.41) is 1.94. The summed E-state index contributed by atoms with van der Waals surface area (Å²) in [4.78, 5) is 21.9. The Bertz CT molecular complexity index is 592. The van der Waals surface area contributed by atoms with Crippen molar-refractivity contribution >= 4 is 17.2 Å². The van der Waals surface area contributed by atoms with Crippen LogP contribution in [0.4, 0.5) is 0 Å². The molecule has 1 saturated heterocycles. The van der Waals surface area contributed by atoms with Gasteiger partial charge in [0, 0.05) is 39.1 Å². The SMILES string of the molecule is CN1CCN(C(=O)c2cccs2)C[C@@H]1c1nccn1C. The highest BCUT2D eigenvalue weighted by atomic mass is 32.1. The number of piperazine rings is 1. The largest absolute Gasteiger partial charge is 0.337 e. The van der Waals surface area contributed by atoms with E-state index in [0.29, 0.717) is 6.54 Å². The van der Waals surface area contributed by atoms with Crippen molar-refractivity contribution in [1.29, 1.82) is 0 Å². The average molecular weight is 290 g/mol. The van der Waals surface area contributed by atoms with Crippen LogP contribution < -0.4 is 0 Å². The number of carbonyl (C=O) groups is 1. The Balaban J connectivity index is 1.80. The first-order valence-corrected chi connectivity index (χ1v) is 7.55. The van der Waals surface area contributed by atoms with Gasteiger partial charge < -0.3 is 9.47 Å². The molecule has 0 unspecified atom stereocenters. The van der Waals surface area contributed by atoms with Gasteiger partial charge in [-0.15, -0.1) is 11.3 Å². The van der Waals surface area contributed by atoms with Crippen LogP contribution in [0, 0.1) is 0 Å². The zero-order valence-corrected chi connectivity index (χ0v) is 12.5. The number of rotatable bonds is 2. The van der Waals surface area contributed by atoms with Gasteiger partial charge in [-0.25, -0.2) is 4.98 Å². The van der Waals surface area contributed by atoms with Gasteiger partial charge in [0.25, 0.3) is 5.91 Å². The lowest BCUT2D eigenvalue weighted by molar-refractivity contribution is 0.0533. The van der Waals surface area contributed by atoms with Crippen LogP contribution in [-0.2, 0) is 7.05 Å². The molecule has 0 N–H and O–H groups in total. The van der Waals surface area contributed by atoms with Crippen molar-refractivity contribution in [1.82, 2.24) is 19.4 Å². The van der Waals surface area contributed by atoms with E-state index in [2.05, 4.69) is 16.9 Å². The van der Waals surface area contributed by atoms with E-state index in [4.69, 9.17) is 0 Å². The maximum atomic E-state index is 12.5. The topological polar surface area (TPSA) is 41.4 Å². The van der Waals surface area contributed by atoms with E-state index in [1.165, 1.54) is 11.3 Å². The van der Waals surface area contributed by atoms with Crippen LogP contribution in [0.25, 0.3) is 0 Å². The van der Waals surface area contributed by atoms with Crippen LogP contribution >= 0.6 is 11.3 Å². The number of aromatic nitrogens is 2. The van der Waals surface area contributed by atoms with Crippen molar-refractivity contribution in [2.75, 3.05) is 26.7 Å². The zero-order chi connectivity index (χ0) is 14.1. The fraction of sp³-hybridized carbons (Fsp3) is 0.429. The third-order valence-electron chi connectivity index (χ3n) is 3.82. The van der Waals surface area contributed by atoms with E-state index < -0.39 is 0 Å². The smallest absolute Gasteiger partial charge is 0.264 e. The zero-order valence-electron chi connectivity index (χ0n) is 11.7. The molecule has 1 aliphatic rings. The Morgan fingerprint density at radius 1 is 1.40 bits per heavy atom. The molecule has 5 nitrogen and oxygen atoms in total. The molecule has 1 amide bonds. The molecule has 6 heteroatoms. The van der Waals surface area contributed by atoms with Crippen molar-refractivity contribution in [2.24, 2.45) is 7.05 Å². The van der Waals surface area contributed by atoms with Gasteiger partial charge in [0.2, 0.25) is 0 Å². The van der Waals surface area contributed by atoms with E-state index in [9.17, 15) is 4.79 Å². The number of carbonyl (C=O) groups excluding carboxylic acids is 1. The van der Waals surface area contributed by atoms with Crippen LogP contribution in [0.1, 0.15) is 21.5 Å². The van der Waals surface area contributed by atoms with E-state index >= 15 is 0 Å². The Morgan fingerprint density at radius 3 is 2.90 bits per heavy atom. The second-order valence-electron chi connectivity index (χ2n) is 5.12. The third-order valence-corrected chi connectivity index (χ3v) is 4.68. The summed E-state index contributed by atoms with van der Waals surface area (Å²) >= 11 is 1.50. The van der Waals surface area contributed by atoms with Crippen molar-refractivity contribution < 1.29 is 4.79 Å². The minimum absolute atomic E-state index is 0.132. The van der Waals surface area contributed by atoms with Gasteiger partial charge in [-0.1, -0.05) is 6.07 Å². The summed E-state index contributed by atoms with van der Waals surface area (Å²) < 4.78 is 2.03. The molecule has 3 heterocycles. The predicted octanol–water partition coefficient (Wildman–Crippen LogP) is 1.61. The van der Waals surface area contributed by atoms with Crippen LogP contribution in [-0.4, -0.2) is 51.9 Å². The number of imidazole rings is 1. The molecule has 0 aliphatic carbocycles. The summed E-state index contributed by atoms with van der Waals surface area (Å²) in [6.07, 6.45) is 3.76. The number of aryl methyl sites for hydroxylation is 1. The maximum Gasteiger partial charge on any atom is 0.264 e. The minimum Gasteiger partial charge on any atom is -0.337 e. The second-order valence-corrected chi connectivity index (χ2v) is 6.07. The minimum atomic E-state index is 0.132. The molecule has 0 saturated carbocycles. The molecule has 0 radical (unpaired) electrons. The van der Waals surface area contributed by atoms with E-state index in [-0.39, 0.29) is 11.9 Å². The molecular formula is C14H18N4OS. The molecule has 0 aromatic carbocycles. The highest BCUT2D eigenvalue weighted by Gasteiger charge is 2.31. The van der Waals surface area contributed by atoms with Crippen molar-refractivity contribution in [3.05, 3.63) is 40.6 Å². The highest BCUT2D eigenvalue weighted by molar-refractivity contribution is 7.12. The first kappa shape index (κ1) is 13.3. The van der Waals surface area contributed by atoms with Gasteiger partial charge in [0.15, 0.2) is 0 Å². The van der Waals surface area contributed by atoms with Crippen molar-refractivity contribution in [3.8, 4) is 0 Å². The van der Waals surface area contributed by atoms with Gasteiger partial charge in [-0.2, -0.15) is 0 Å². The monoisotopic (exact) mass is 290 g/mol.